The first-order valence-corrected chi connectivity index (χ1v) is 22.3. The number of hydrogen-bond acceptors (Lipinski definition) is 10. The molecule has 13 nitrogen and oxygen atoms in total. The second kappa shape index (κ2) is 13.2. The van der Waals surface area contributed by atoms with Gasteiger partial charge in [0, 0.05) is 46.1 Å². The van der Waals surface area contributed by atoms with Crippen molar-refractivity contribution in [3.63, 3.8) is 0 Å². The Labute approximate surface area is 290 Å². The lowest BCUT2D eigenvalue weighted by Gasteiger charge is -2.51. The van der Waals surface area contributed by atoms with Gasteiger partial charge in [-0.05, 0) is 18.2 Å². The number of halogens is 2. The summed E-state index contributed by atoms with van der Waals surface area (Å²) >= 11 is 0.698. The summed E-state index contributed by atoms with van der Waals surface area (Å²) < 4.78 is 71.0. The molecule has 0 N–H and O–H groups in total. The molecule has 49 heavy (non-hydrogen) atoms. The van der Waals surface area contributed by atoms with Gasteiger partial charge in [0.2, 0.25) is 5.91 Å². The summed E-state index contributed by atoms with van der Waals surface area (Å²) in [4.78, 5) is 20.9. The first kappa shape index (κ1) is 35.7. The van der Waals surface area contributed by atoms with E-state index in [0.717, 1.165) is 6.04 Å². The lowest BCUT2D eigenvalue weighted by Crippen LogP contribution is -2.67. The summed E-state index contributed by atoms with van der Waals surface area (Å²) in [5, 5.41) is 12.3. The molecule has 4 heterocycles. The van der Waals surface area contributed by atoms with Crippen LogP contribution in [-0.4, -0.2) is 109 Å². The van der Waals surface area contributed by atoms with E-state index in [0.29, 0.717) is 73.7 Å². The monoisotopic (exact) mass is 736 g/mol. The molecule has 2 aliphatic heterocycles. The Bertz CT molecular complexity index is 1870. The molecule has 0 spiro atoms. The molecular formula is C31H42F2N8O5S2Si. The van der Waals surface area contributed by atoms with E-state index in [1.54, 1.807) is 17.8 Å². The number of hydrogen-bond donors (Lipinski definition) is 0. The molecule has 2 saturated heterocycles. The lowest BCUT2D eigenvalue weighted by atomic mass is 10.00. The van der Waals surface area contributed by atoms with Crippen LogP contribution in [0.2, 0.25) is 25.7 Å². The molecule has 266 valence electrons. The number of rotatable bonds is 12. The molecule has 1 saturated carbocycles. The number of amides is 1. The van der Waals surface area contributed by atoms with Gasteiger partial charge in [-0.3, -0.25) is 14.3 Å². The quantitative estimate of drug-likeness (QED) is 0.111. The minimum atomic E-state index is -4.33. The van der Waals surface area contributed by atoms with E-state index in [1.165, 1.54) is 10.4 Å². The van der Waals surface area contributed by atoms with Gasteiger partial charge in [0.05, 0.1) is 54.2 Å². The second-order valence-corrected chi connectivity index (χ2v) is 23.0. The number of sulfonamides is 1. The van der Waals surface area contributed by atoms with Crippen molar-refractivity contribution in [3.05, 3.63) is 28.6 Å². The molecular weight excluding hydrogens is 695 g/mol. The van der Waals surface area contributed by atoms with E-state index < -0.39 is 35.2 Å². The van der Waals surface area contributed by atoms with Crippen molar-refractivity contribution in [1.82, 2.24) is 29.2 Å². The van der Waals surface area contributed by atoms with Crippen LogP contribution in [0.5, 0.6) is 0 Å². The first-order chi connectivity index (χ1) is 23.1. The average Bonchev–Trinajstić information content (AvgIpc) is 3.51. The topological polar surface area (TPSA) is 127 Å². The number of benzene rings is 1. The number of aryl methyl sites for hydroxylation is 1. The van der Waals surface area contributed by atoms with Crippen LogP contribution in [0.1, 0.15) is 38.1 Å². The summed E-state index contributed by atoms with van der Waals surface area (Å²) in [5.41, 5.74) is 0.112. The van der Waals surface area contributed by atoms with Crippen molar-refractivity contribution >= 4 is 51.9 Å². The van der Waals surface area contributed by atoms with Crippen LogP contribution in [-0.2, 0) is 31.3 Å². The van der Waals surface area contributed by atoms with Gasteiger partial charge in [0.1, 0.15) is 12.4 Å². The highest BCUT2D eigenvalue weighted by Crippen LogP contribution is 2.47. The van der Waals surface area contributed by atoms with Gasteiger partial charge in [0.15, 0.2) is 10.0 Å². The summed E-state index contributed by atoms with van der Waals surface area (Å²) in [6.45, 7) is 19.8. The number of anilines is 1. The highest BCUT2D eigenvalue weighted by Gasteiger charge is 2.61. The zero-order chi connectivity index (χ0) is 35.5. The molecule has 3 aromatic rings. The van der Waals surface area contributed by atoms with E-state index in [4.69, 9.17) is 16.0 Å². The molecule has 18 heteroatoms. The number of morpholine rings is 1. The Balaban J connectivity index is 1.47. The molecule has 1 amide bonds. The number of piperazine rings is 1. The van der Waals surface area contributed by atoms with Crippen LogP contribution >= 0.6 is 11.3 Å². The Morgan fingerprint density at radius 3 is 2.43 bits per heavy atom. The fourth-order valence-electron chi connectivity index (χ4n) is 6.45. The summed E-state index contributed by atoms with van der Waals surface area (Å²) in [7, 11) is -4.09. The molecule has 2 bridgehead atoms. The zero-order valence-corrected chi connectivity index (χ0v) is 31.2. The highest BCUT2D eigenvalue weighted by atomic mass is 32.2. The molecule has 1 aromatic carbocycles. The summed E-state index contributed by atoms with van der Waals surface area (Å²) in [5.74, 6) is -0.164. The predicted molar refractivity (Wildman–Crippen MR) is 183 cm³/mol. The third kappa shape index (κ3) is 6.85. The maximum atomic E-state index is 14.7. The number of fused-ring (bicyclic) bond motifs is 3. The van der Waals surface area contributed by atoms with E-state index in [1.807, 2.05) is 18.7 Å². The number of ether oxygens (including phenoxy) is 2. The third-order valence-electron chi connectivity index (χ3n) is 9.24. The molecule has 1 aliphatic carbocycles. The normalized spacial score (nSPS) is 20.9. The van der Waals surface area contributed by atoms with E-state index in [-0.39, 0.29) is 46.2 Å². The Morgan fingerprint density at radius 2 is 1.88 bits per heavy atom. The van der Waals surface area contributed by atoms with Gasteiger partial charge in [-0.15, -0.1) is 10.2 Å². The smallest absolute Gasteiger partial charge is 0.303 e. The molecule has 3 aliphatic rings. The third-order valence-corrected chi connectivity index (χ3v) is 13.7. The number of carbonyl (C=O) groups excluding carboxylic acids is 1. The van der Waals surface area contributed by atoms with Gasteiger partial charge in [-0.2, -0.15) is 5.10 Å². The van der Waals surface area contributed by atoms with Crippen molar-refractivity contribution < 1.29 is 31.5 Å². The fourth-order valence-corrected chi connectivity index (χ4v) is 9.57. The van der Waals surface area contributed by atoms with Crippen molar-refractivity contribution in [3.8, 4) is 10.7 Å². The molecule has 2 aromatic heterocycles. The summed E-state index contributed by atoms with van der Waals surface area (Å²) in [6, 6.07) is 3.38. The minimum absolute atomic E-state index is 0.0343. The van der Waals surface area contributed by atoms with Gasteiger partial charge < -0.3 is 19.3 Å². The van der Waals surface area contributed by atoms with Gasteiger partial charge in [-0.25, -0.2) is 23.8 Å². The standard InChI is InChI=1S/C31H42F2N8O5S2Si/c1-19(2)30(42)41-20-14-39(15-21(41)17-46-16-20)24-13-22(12-23-25(37-38(4)26(23)24)28-35-36-29(47-28)27(32)33)48(43,44)40(31(34-3)8-9-31)18-45-10-11-49(5,6)7/h12-13,19-21,27H,8-11,14-18H2,1-2,4-7H3. The number of nitrogens with zero attached hydrogens (tertiary/aromatic N) is 8. The maximum Gasteiger partial charge on any atom is 0.303 e. The van der Waals surface area contributed by atoms with Crippen LogP contribution < -0.4 is 4.90 Å². The molecule has 2 atom stereocenters. The van der Waals surface area contributed by atoms with Crippen LogP contribution in [0, 0.1) is 12.5 Å². The molecule has 3 fully saturated rings. The first-order valence-electron chi connectivity index (χ1n) is 16.3. The van der Waals surface area contributed by atoms with Crippen molar-refractivity contribution in [2.45, 2.75) is 81.4 Å². The van der Waals surface area contributed by atoms with Crippen LogP contribution in [0.4, 0.5) is 14.5 Å². The van der Waals surface area contributed by atoms with Gasteiger partial charge in [0.25, 0.3) is 16.4 Å². The van der Waals surface area contributed by atoms with E-state index >= 15 is 0 Å². The maximum absolute atomic E-state index is 14.7. The number of aromatic nitrogens is 4. The number of carbonyl (C=O) groups is 1. The van der Waals surface area contributed by atoms with Crippen molar-refractivity contribution in [2.24, 2.45) is 13.0 Å². The van der Waals surface area contributed by atoms with Crippen LogP contribution in [0.3, 0.4) is 0 Å². The van der Waals surface area contributed by atoms with Crippen molar-refractivity contribution in [1.29, 1.82) is 0 Å². The molecule has 6 rings (SSSR count). The SMILES string of the molecule is [C-]#[N+]C1(N(COCC[Si](C)(C)C)S(=O)(=O)c2cc(N3CC4COCC(C3)N4C(=O)C(C)C)c3c(c2)c(-c2nnc(C(F)F)s2)nn3C)CC1. The Hall–Kier alpha value is -3.08. The lowest BCUT2D eigenvalue weighted by molar-refractivity contribution is -0.150. The summed E-state index contributed by atoms with van der Waals surface area (Å²) in [6.07, 6.45) is -2.05. The highest BCUT2D eigenvalue weighted by molar-refractivity contribution is 7.89. The van der Waals surface area contributed by atoms with E-state index in [9.17, 15) is 22.0 Å². The molecule has 0 radical (unpaired) electrons. The predicted octanol–water partition coefficient (Wildman–Crippen LogP) is 4.81. The van der Waals surface area contributed by atoms with Crippen LogP contribution in [0.25, 0.3) is 26.4 Å². The number of alkyl halides is 2. The van der Waals surface area contributed by atoms with Crippen LogP contribution in [0.15, 0.2) is 17.0 Å². The van der Waals surface area contributed by atoms with Crippen molar-refractivity contribution in [2.75, 3.05) is 44.5 Å². The van der Waals surface area contributed by atoms with Gasteiger partial charge >= 0.3 is 5.66 Å². The molecule has 2 unspecified atom stereocenters. The second-order valence-electron chi connectivity index (χ2n) is 14.5. The Morgan fingerprint density at radius 1 is 1.20 bits per heavy atom. The average molecular weight is 737 g/mol. The Kier molecular flexibility index (Phi) is 9.65. The fraction of sp³-hybridized carbons (Fsp3) is 0.645. The largest absolute Gasteiger partial charge is 0.377 e. The van der Waals surface area contributed by atoms with E-state index in [2.05, 4.69) is 44.7 Å². The minimum Gasteiger partial charge on any atom is -0.377 e. The zero-order valence-electron chi connectivity index (χ0n) is 28.5. The van der Waals surface area contributed by atoms with Gasteiger partial charge in [-0.1, -0.05) is 49.1 Å².